The van der Waals surface area contributed by atoms with Crippen molar-refractivity contribution in [2.45, 2.75) is 26.0 Å². The van der Waals surface area contributed by atoms with E-state index < -0.39 is 5.97 Å². The first-order chi connectivity index (χ1) is 13.2. The van der Waals surface area contributed by atoms with Gasteiger partial charge >= 0.3 is 5.97 Å². The van der Waals surface area contributed by atoms with Crippen LogP contribution >= 0.6 is 0 Å². The zero-order chi connectivity index (χ0) is 18.8. The fourth-order valence-corrected chi connectivity index (χ4v) is 3.91. The Morgan fingerprint density at radius 2 is 2.04 bits per heavy atom. The maximum atomic E-state index is 11.2. The van der Waals surface area contributed by atoms with Gasteiger partial charge in [-0.1, -0.05) is 18.2 Å². The number of aliphatic carboxylic acids is 1. The van der Waals surface area contributed by atoms with Gasteiger partial charge in [0.2, 0.25) is 0 Å². The molecule has 27 heavy (non-hydrogen) atoms. The molecule has 3 N–H and O–H groups in total. The second-order valence-corrected chi connectivity index (χ2v) is 7.13. The quantitative estimate of drug-likeness (QED) is 0.647. The van der Waals surface area contributed by atoms with E-state index in [4.69, 9.17) is 0 Å². The van der Waals surface area contributed by atoms with E-state index in [2.05, 4.69) is 27.0 Å². The molecule has 0 radical (unpaired) electrons. The van der Waals surface area contributed by atoms with E-state index in [1.807, 2.05) is 24.3 Å². The number of pyridine rings is 1. The van der Waals surface area contributed by atoms with E-state index >= 15 is 0 Å². The van der Waals surface area contributed by atoms with Crippen LogP contribution in [-0.4, -0.2) is 44.1 Å². The predicted molar refractivity (Wildman–Crippen MR) is 103 cm³/mol. The zero-order valence-corrected chi connectivity index (χ0v) is 15.1. The number of fused-ring (bicyclic) bond motifs is 1. The first-order valence-corrected chi connectivity index (χ1v) is 9.26. The van der Waals surface area contributed by atoms with Gasteiger partial charge in [0.25, 0.3) is 0 Å². The maximum Gasteiger partial charge on any atom is 0.306 e. The minimum Gasteiger partial charge on any atom is -0.481 e. The lowest BCUT2D eigenvalue weighted by Crippen LogP contribution is -2.36. The van der Waals surface area contributed by atoms with Crippen molar-refractivity contribution >= 4 is 17.0 Å². The van der Waals surface area contributed by atoms with Crippen LogP contribution in [0.4, 0.5) is 0 Å². The number of carbonyl (C=O) groups is 1. The third-order valence-electron chi connectivity index (χ3n) is 5.36. The number of rotatable bonds is 5. The molecule has 1 saturated heterocycles. The fourth-order valence-electron chi connectivity index (χ4n) is 3.91. The van der Waals surface area contributed by atoms with E-state index in [0.717, 1.165) is 53.1 Å². The lowest BCUT2D eigenvalue weighted by atomic mass is 9.96. The van der Waals surface area contributed by atoms with Crippen LogP contribution in [0.5, 0.6) is 0 Å². The molecule has 0 spiro atoms. The van der Waals surface area contributed by atoms with Crippen LogP contribution < -0.4 is 0 Å². The van der Waals surface area contributed by atoms with Gasteiger partial charge in [-0.05, 0) is 55.3 Å². The zero-order valence-electron chi connectivity index (χ0n) is 15.1. The molecule has 1 aromatic carbocycles. The number of H-pyrrole nitrogens is 1. The molecule has 3 heterocycles. The van der Waals surface area contributed by atoms with Gasteiger partial charge in [0, 0.05) is 29.4 Å². The van der Waals surface area contributed by atoms with Gasteiger partial charge in [-0.15, -0.1) is 0 Å². The molecular weight excluding hydrogens is 342 g/mol. The van der Waals surface area contributed by atoms with Crippen LogP contribution in [0.3, 0.4) is 0 Å². The summed E-state index contributed by atoms with van der Waals surface area (Å²) in [6, 6.07) is 11.9. The summed E-state index contributed by atoms with van der Waals surface area (Å²) >= 11 is 0. The average molecular weight is 365 g/mol. The Bertz CT molecular complexity index is 958. The molecule has 1 fully saturated rings. The van der Waals surface area contributed by atoms with E-state index in [1.165, 1.54) is 0 Å². The molecule has 0 atom stereocenters. The number of piperidine rings is 1. The Kier molecular flexibility index (Phi) is 4.92. The van der Waals surface area contributed by atoms with Crippen LogP contribution in [0, 0.1) is 5.92 Å². The number of aromatic nitrogens is 2. The van der Waals surface area contributed by atoms with Crippen molar-refractivity contribution in [3.63, 3.8) is 0 Å². The first kappa shape index (κ1) is 17.7. The van der Waals surface area contributed by atoms with Crippen molar-refractivity contribution in [1.82, 2.24) is 14.9 Å². The SMILES string of the molecule is O=C(O)C1CCN(Cc2[nH]c3ncccc3c2-c2cccc(CO)c2)CC1. The number of hydrogen-bond acceptors (Lipinski definition) is 4. The van der Waals surface area contributed by atoms with Gasteiger partial charge in [-0.25, -0.2) is 4.98 Å². The van der Waals surface area contributed by atoms with Crippen molar-refractivity contribution in [1.29, 1.82) is 0 Å². The molecule has 4 rings (SSSR count). The number of likely N-dealkylation sites (tertiary alicyclic amines) is 1. The van der Waals surface area contributed by atoms with Crippen molar-refractivity contribution in [3.8, 4) is 11.1 Å². The lowest BCUT2D eigenvalue weighted by Gasteiger charge is -2.30. The van der Waals surface area contributed by atoms with Crippen molar-refractivity contribution in [2.24, 2.45) is 5.92 Å². The Labute approximate surface area is 157 Å². The van der Waals surface area contributed by atoms with Crippen molar-refractivity contribution in [2.75, 3.05) is 13.1 Å². The number of carboxylic acid groups (broad SMARTS) is 1. The molecule has 0 unspecified atom stereocenters. The van der Waals surface area contributed by atoms with Crippen LogP contribution in [-0.2, 0) is 17.9 Å². The highest BCUT2D eigenvalue weighted by atomic mass is 16.4. The molecule has 1 aliphatic heterocycles. The third kappa shape index (κ3) is 3.59. The summed E-state index contributed by atoms with van der Waals surface area (Å²) in [4.78, 5) is 21.4. The molecule has 1 aliphatic rings. The number of nitrogens with one attached hydrogen (secondary N) is 1. The summed E-state index contributed by atoms with van der Waals surface area (Å²) in [5.74, 6) is -0.919. The number of benzene rings is 1. The van der Waals surface area contributed by atoms with Crippen LogP contribution in [0.15, 0.2) is 42.6 Å². The minimum absolute atomic E-state index is 0.00643. The van der Waals surface area contributed by atoms with Gasteiger partial charge in [0.05, 0.1) is 12.5 Å². The van der Waals surface area contributed by atoms with E-state index in [0.29, 0.717) is 12.8 Å². The summed E-state index contributed by atoms with van der Waals surface area (Å²) in [7, 11) is 0. The Balaban J connectivity index is 1.67. The Morgan fingerprint density at radius 3 is 2.78 bits per heavy atom. The Morgan fingerprint density at radius 1 is 1.22 bits per heavy atom. The molecule has 2 aromatic heterocycles. The number of aromatic amines is 1. The number of aliphatic hydroxyl groups excluding tert-OH is 1. The van der Waals surface area contributed by atoms with E-state index in [9.17, 15) is 15.0 Å². The lowest BCUT2D eigenvalue weighted by molar-refractivity contribution is -0.143. The highest BCUT2D eigenvalue weighted by Gasteiger charge is 2.25. The molecule has 6 heteroatoms. The monoisotopic (exact) mass is 365 g/mol. The molecule has 6 nitrogen and oxygen atoms in total. The van der Waals surface area contributed by atoms with Crippen molar-refractivity contribution in [3.05, 3.63) is 53.9 Å². The maximum absolute atomic E-state index is 11.2. The van der Waals surface area contributed by atoms with E-state index in [1.54, 1.807) is 6.20 Å². The molecule has 140 valence electrons. The number of hydrogen-bond donors (Lipinski definition) is 3. The normalized spacial score (nSPS) is 16.0. The molecule has 0 bridgehead atoms. The highest BCUT2D eigenvalue weighted by molar-refractivity contribution is 5.95. The Hall–Kier alpha value is -2.70. The van der Waals surface area contributed by atoms with Gasteiger partial charge in [0.1, 0.15) is 5.65 Å². The largest absolute Gasteiger partial charge is 0.481 e. The van der Waals surface area contributed by atoms with E-state index in [-0.39, 0.29) is 12.5 Å². The van der Waals surface area contributed by atoms with Crippen LogP contribution in [0.1, 0.15) is 24.1 Å². The minimum atomic E-state index is -0.689. The van der Waals surface area contributed by atoms with Gasteiger partial charge < -0.3 is 15.2 Å². The van der Waals surface area contributed by atoms with Gasteiger partial charge in [-0.2, -0.15) is 0 Å². The molecule has 3 aromatic rings. The number of nitrogens with zero attached hydrogens (tertiary/aromatic N) is 2. The summed E-state index contributed by atoms with van der Waals surface area (Å²) in [5.41, 5.74) is 4.95. The fraction of sp³-hybridized carbons (Fsp3) is 0.333. The smallest absolute Gasteiger partial charge is 0.306 e. The second kappa shape index (κ2) is 7.50. The summed E-state index contributed by atoms with van der Waals surface area (Å²) < 4.78 is 0. The third-order valence-corrected chi connectivity index (χ3v) is 5.36. The van der Waals surface area contributed by atoms with Gasteiger partial charge in [-0.3, -0.25) is 9.69 Å². The number of aliphatic hydroxyl groups is 1. The second-order valence-electron chi connectivity index (χ2n) is 7.13. The van der Waals surface area contributed by atoms with Crippen LogP contribution in [0.25, 0.3) is 22.2 Å². The summed E-state index contributed by atoms with van der Waals surface area (Å²) in [6.45, 7) is 2.28. The molecule has 0 saturated carbocycles. The predicted octanol–water partition coefficient (Wildman–Crippen LogP) is 3.02. The number of carboxylic acids is 1. The average Bonchev–Trinajstić information content (AvgIpc) is 3.06. The highest BCUT2D eigenvalue weighted by Crippen LogP contribution is 2.33. The molecule has 0 aliphatic carbocycles. The van der Waals surface area contributed by atoms with Crippen molar-refractivity contribution < 1.29 is 15.0 Å². The molecule has 0 amide bonds. The topological polar surface area (TPSA) is 89.5 Å². The van der Waals surface area contributed by atoms with Crippen LogP contribution in [0.2, 0.25) is 0 Å². The summed E-state index contributed by atoms with van der Waals surface area (Å²) in [5, 5.41) is 19.8. The molecular formula is C21H23N3O3. The first-order valence-electron chi connectivity index (χ1n) is 9.26. The summed E-state index contributed by atoms with van der Waals surface area (Å²) in [6.07, 6.45) is 3.14. The standard InChI is InChI=1S/C21H23N3O3/c25-13-14-3-1-4-16(11-14)19-17-5-2-8-22-20(17)23-18(19)12-24-9-6-15(7-10-24)21(26)27/h1-5,8,11,15,25H,6-7,9-10,12-13H2,(H,22,23)(H,26,27). The van der Waals surface area contributed by atoms with Gasteiger partial charge in [0.15, 0.2) is 0 Å².